The van der Waals surface area contributed by atoms with E-state index in [1.54, 1.807) is 0 Å². The van der Waals surface area contributed by atoms with Gasteiger partial charge in [0.25, 0.3) is 0 Å². The van der Waals surface area contributed by atoms with Crippen LogP contribution < -0.4 is 5.32 Å². The highest BCUT2D eigenvalue weighted by Gasteiger charge is 2.25. The highest BCUT2D eigenvalue weighted by atomic mass is 31.2. The second kappa shape index (κ2) is 14.2. The zero-order valence-electron chi connectivity index (χ0n) is 16.4. The molecule has 0 aromatic carbocycles. The third-order valence-corrected chi connectivity index (χ3v) is 6.35. The van der Waals surface area contributed by atoms with Crippen LogP contribution in [0.4, 0.5) is 0 Å². The molecule has 1 aliphatic heterocycles. The van der Waals surface area contributed by atoms with Gasteiger partial charge in [-0.15, -0.1) is 0 Å². The molecule has 0 aliphatic carbocycles. The van der Waals surface area contributed by atoms with Crippen molar-refractivity contribution >= 4 is 7.60 Å². The SMILES string of the molecule is CCCCCCCCCCCCCC[C@H]1CC[C@H](CCP(=O)(O)O)N1. The molecule has 0 saturated carbocycles. The Hall–Kier alpha value is 0.110. The smallest absolute Gasteiger partial charge is 0.324 e. The number of unbranched alkanes of at least 4 members (excludes halogenated alkanes) is 11. The maximum Gasteiger partial charge on any atom is 0.325 e. The van der Waals surface area contributed by atoms with Gasteiger partial charge in [0.15, 0.2) is 0 Å². The maximum atomic E-state index is 10.9. The van der Waals surface area contributed by atoms with Gasteiger partial charge in [0, 0.05) is 12.1 Å². The first-order chi connectivity index (χ1) is 12.0. The molecule has 1 aliphatic rings. The molecule has 0 bridgehead atoms. The lowest BCUT2D eigenvalue weighted by Crippen LogP contribution is -2.29. The Morgan fingerprint density at radius 3 is 1.68 bits per heavy atom. The normalized spacial score (nSPS) is 21.1. The van der Waals surface area contributed by atoms with E-state index in [9.17, 15) is 4.57 Å². The van der Waals surface area contributed by atoms with E-state index in [4.69, 9.17) is 9.79 Å². The zero-order chi connectivity index (χ0) is 18.4. The fourth-order valence-electron chi connectivity index (χ4n) is 3.91. The van der Waals surface area contributed by atoms with E-state index in [-0.39, 0.29) is 6.16 Å². The van der Waals surface area contributed by atoms with Gasteiger partial charge in [0.1, 0.15) is 0 Å². The van der Waals surface area contributed by atoms with E-state index < -0.39 is 7.60 Å². The van der Waals surface area contributed by atoms with Crippen LogP contribution in [0.5, 0.6) is 0 Å². The first-order valence-corrected chi connectivity index (χ1v) is 12.6. The highest BCUT2D eigenvalue weighted by molar-refractivity contribution is 7.51. The van der Waals surface area contributed by atoms with Crippen molar-refractivity contribution < 1.29 is 14.4 Å². The minimum absolute atomic E-state index is 0.0238. The summed E-state index contributed by atoms with van der Waals surface area (Å²) in [5.41, 5.74) is 0. The molecule has 2 atom stereocenters. The summed E-state index contributed by atoms with van der Waals surface area (Å²) in [6, 6.07) is 0.889. The Morgan fingerprint density at radius 1 is 0.760 bits per heavy atom. The summed E-state index contributed by atoms with van der Waals surface area (Å²) in [5, 5.41) is 3.56. The van der Waals surface area contributed by atoms with Gasteiger partial charge in [0.05, 0.1) is 6.16 Å². The summed E-state index contributed by atoms with van der Waals surface area (Å²) >= 11 is 0. The Balaban J connectivity index is 1.84. The molecule has 0 radical (unpaired) electrons. The molecule has 1 fully saturated rings. The van der Waals surface area contributed by atoms with Crippen molar-refractivity contribution in [1.29, 1.82) is 0 Å². The molecule has 0 amide bonds. The van der Waals surface area contributed by atoms with Gasteiger partial charge in [-0.3, -0.25) is 4.57 Å². The molecule has 1 saturated heterocycles. The average Bonchev–Trinajstić information content (AvgIpc) is 3.01. The van der Waals surface area contributed by atoms with Crippen molar-refractivity contribution in [2.45, 2.75) is 122 Å². The summed E-state index contributed by atoms with van der Waals surface area (Å²) in [4.78, 5) is 17.9. The van der Waals surface area contributed by atoms with Crippen molar-refractivity contribution in [1.82, 2.24) is 5.32 Å². The van der Waals surface area contributed by atoms with Gasteiger partial charge in [-0.2, -0.15) is 0 Å². The third-order valence-electron chi connectivity index (χ3n) is 5.51. The van der Waals surface area contributed by atoms with Crippen LogP contribution in [-0.4, -0.2) is 28.0 Å². The van der Waals surface area contributed by atoms with Crippen LogP contribution in [0, 0.1) is 0 Å². The Morgan fingerprint density at radius 2 is 1.20 bits per heavy atom. The van der Waals surface area contributed by atoms with Crippen LogP contribution in [0.2, 0.25) is 0 Å². The van der Waals surface area contributed by atoms with E-state index in [2.05, 4.69) is 12.2 Å². The van der Waals surface area contributed by atoms with Crippen LogP contribution in [-0.2, 0) is 4.57 Å². The molecular formula is C20H42NO3P. The summed E-state index contributed by atoms with van der Waals surface area (Å²) in [6.45, 7) is 2.27. The van der Waals surface area contributed by atoms with Crippen molar-refractivity contribution in [3.05, 3.63) is 0 Å². The fraction of sp³-hybridized carbons (Fsp3) is 1.00. The van der Waals surface area contributed by atoms with E-state index in [1.807, 2.05) is 0 Å². The van der Waals surface area contributed by atoms with E-state index in [0.29, 0.717) is 18.5 Å². The lowest BCUT2D eigenvalue weighted by atomic mass is 10.0. The molecule has 1 rings (SSSR count). The largest absolute Gasteiger partial charge is 0.325 e. The lowest BCUT2D eigenvalue weighted by molar-refractivity contribution is 0.367. The van der Waals surface area contributed by atoms with Crippen molar-refractivity contribution in [3.8, 4) is 0 Å². The standard InChI is InChI=1S/C20H42NO3P/c1-2-3-4-5-6-7-8-9-10-11-12-13-14-19-15-16-20(21-19)17-18-25(22,23)24/h19-21H,2-18H2,1H3,(H2,22,23,24)/t19-,20+/m0/s1. The topological polar surface area (TPSA) is 69.6 Å². The fourth-order valence-corrected chi connectivity index (χ4v) is 4.56. The molecule has 150 valence electrons. The molecule has 5 heteroatoms. The van der Waals surface area contributed by atoms with E-state index >= 15 is 0 Å². The van der Waals surface area contributed by atoms with E-state index in [1.165, 1.54) is 89.9 Å². The third kappa shape index (κ3) is 13.9. The maximum absolute atomic E-state index is 10.9. The number of nitrogens with one attached hydrogen (secondary N) is 1. The molecule has 3 N–H and O–H groups in total. The number of hydrogen-bond donors (Lipinski definition) is 3. The Kier molecular flexibility index (Phi) is 13.2. The van der Waals surface area contributed by atoms with Crippen LogP contribution >= 0.6 is 7.60 Å². The van der Waals surface area contributed by atoms with Crippen LogP contribution in [0.1, 0.15) is 110 Å². The lowest BCUT2D eigenvalue weighted by Gasteiger charge is -2.14. The molecule has 0 aromatic rings. The molecule has 0 unspecified atom stereocenters. The number of rotatable bonds is 16. The number of hydrogen-bond acceptors (Lipinski definition) is 2. The average molecular weight is 376 g/mol. The van der Waals surface area contributed by atoms with Gasteiger partial charge in [-0.25, -0.2) is 0 Å². The quantitative estimate of drug-likeness (QED) is 0.237. The molecule has 1 heterocycles. The monoisotopic (exact) mass is 375 g/mol. The summed E-state index contributed by atoms with van der Waals surface area (Å²) in [7, 11) is -3.83. The van der Waals surface area contributed by atoms with Gasteiger partial charge >= 0.3 is 7.60 Å². The first-order valence-electron chi connectivity index (χ1n) is 10.8. The first kappa shape index (κ1) is 23.1. The predicted octanol–water partition coefficient (Wildman–Crippen LogP) is 5.77. The molecule has 0 spiro atoms. The Bertz CT molecular complexity index is 359. The minimum Gasteiger partial charge on any atom is -0.324 e. The predicted molar refractivity (Wildman–Crippen MR) is 107 cm³/mol. The molecule has 4 nitrogen and oxygen atoms in total. The summed E-state index contributed by atoms with van der Waals surface area (Å²) in [6.07, 6.45) is 20.7. The summed E-state index contributed by atoms with van der Waals surface area (Å²) < 4.78 is 10.9. The second-order valence-electron chi connectivity index (χ2n) is 7.99. The van der Waals surface area contributed by atoms with E-state index in [0.717, 1.165) is 6.42 Å². The van der Waals surface area contributed by atoms with Crippen molar-refractivity contribution in [2.24, 2.45) is 0 Å². The summed E-state index contributed by atoms with van der Waals surface area (Å²) in [5.74, 6) is 0. The van der Waals surface area contributed by atoms with Gasteiger partial charge in [0.2, 0.25) is 0 Å². The Labute approximate surface area is 155 Å². The van der Waals surface area contributed by atoms with Gasteiger partial charge < -0.3 is 15.1 Å². The van der Waals surface area contributed by atoms with Crippen LogP contribution in [0.15, 0.2) is 0 Å². The van der Waals surface area contributed by atoms with Crippen molar-refractivity contribution in [2.75, 3.05) is 6.16 Å². The highest BCUT2D eigenvalue weighted by Crippen LogP contribution is 2.36. The molecular weight excluding hydrogens is 333 g/mol. The molecule has 0 aromatic heterocycles. The van der Waals surface area contributed by atoms with Gasteiger partial charge in [-0.05, 0) is 25.7 Å². The van der Waals surface area contributed by atoms with Crippen LogP contribution in [0.3, 0.4) is 0 Å². The molecule has 25 heavy (non-hydrogen) atoms. The second-order valence-corrected chi connectivity index (χ2v) is 9.77. The minimum atomic E-state index is -3.83. The zero-order valence-corrected chi connectivity index (χ0v) is 17.3. The van der Waals surface area contributed by atoms with Crippen LogP contribution in [0.25, 0.3) is 0 Å². The van der Waals surface area contributed by atoms with Gasteiger partial charge in [-0.1, -0.05) is 84.0 Å². The van der Waals surface area contributed by atoms with Crippen molar-refractivity contribution in [3.63, 3.8) is 0 Å².